The van der Waals surface area contributed by atoms with Gasteiger partial charge in [0.2, 0.25) is 0 Å². The lowest BCUT2D eigenvalue weighted by atomic mass is 10.2. The van der Waals surface area contributed by atoms with E-state index in [9.17, 15) is 18.0 Å². The Morgan fingerprint density at radius 1 is 1.23 bits per heavy atom. The molecule has 0 saturated carbocycles. The number of amides is 1. The summed E-state index contributed by atoms with van der Waals surface area (Å²) >= 11 is 5.82. The number of aromatic nitrogens is 1. The Bertz CT molecular complexity index is 739. The van der Waals surface area contributed by atoms with Gasteiger partial charge in [-0.15, -0.1) is 0 Å². The fourth-order valence-corrected chi connectivity index (χ4v) is 2.14. The topological polar surface area (TPSA) is 60.5 Å². The summed E-state index contributed by atoms with van der Waals surface area (Å²) in [5.74, 6) is 0.0789. The first-order valence-corrected chi connectivity index (χ1v) is 7.94. The molecule has 1 amide bonds. The van der Waals surface area contributed by atoms with Crippen molar-refractivity contribution in [3.05, 3.63) is 53.3 Å². The van der Waals surface area contributed by atoms with Gasteiger partial charge < -0.3 is 14.8 Å². The molecule has 1 N–H and O–H groups in total. The van der Waals surface area contributed by atoms with E-state index >= 15 is 0 Å². The molecule has 26 heavy (non-hydrogen) atoms. The Balaban J connectivity index is 1.82. The highest BCUT2D eigenvalue weighted by atomic mass is 35.5. The number of carbonyl (C=O) groups excluding carboxylic acids is 1. The minimum absolute atomic E-state index is 0.00566. The maximum absolute atomic E-state index is 12.1. The minimum atomic E-state index is -4.41. The van der Waals surface area contributed by atoms with Crippen molar-refractivity contribution in [2.45, 2.75) is 19.1 Å². The maximum atomic E-state index is 12.1. The van der Waals surface area contributed by atoms with Gasteiger partial charge in [-0.05, 0) is 37.3 Å². The zero-order chi connectivity index (χ0) is 19.2. The third-order valence-corrected chi connectivity index (χ3v) is 3.38. The van der Waals surface area contributed by atoms with Gasteiger partial charge in [0.1, 0.15) is 11.5 Å². The van der Waals surface area contributed by atoms with Crippen LogP contribution in [0.5, 0.6) is 11.5 Å². The molecule has 140 valence electrons. The van der Waals surface area contributed by atoms with Crippen LogP contribution in [0, 0.1) is 0 Å². The molecule has 1 aromatic carbocycles. The number of halogens is 4. The van der Waals surface area contributed by atoms with Crippen molar-refractivity contribution in [1.82, 2.24) is 10.3 Å². The van der Waals surface area contributed by atoms with Crippen molar-refractivity contribution in [3.63, 3.8) is 0 Å². The molecule has 0 saturated heterocycles. The summed E-state index contributed by atoms with van der Waals surface area (Å²) in [6.45, 7) is 0.0917. The average Bonchev–Trinajstić information content (AvgIpc) is 2.58. The number of hydrogen-bond acceptors (Lipinski definition) is 4. The Hall–Kier alpha value is -2.48. The van der Waals surface area contributed by atoms with E-state index in [4.69, 9.17) is 16.3 Å². The molecule has 0 spiro atoms. The smallest absolute Gasteiger partial charge is 0.422 e. The quantitative estimate of drug-likeness (QED) is 0.780. The number of ether oxygens (including phenoxy) is 2. The van der Waals surface area contributed by atoms with Crippen LogP contribution >= 0.6 is 11.6 Å². The van der Waals surface area contributed by atoms with Gasteiger partial charge in [-0.1, -0.05) is 17.7 Å². The lowest BCUT2D eigenvalue weighted by Gasteiger charge is -2.15. The summed E-state index contributed by atoms with van der Waals surface area (Å²) in [5.41, 5.74) is 0.473. The van der Waals surface area contributed by atoms with Crippen molar-refractivity contribution >= 4 is 17.5 Å². The fourth-order valence-electron chi connectivity index (χ4n) is 1.96. The monoisotopic (exact) mass is 388 g/mol. The molecule has 0 bridgehead atoms. The van der Waals surface area contributed by atoms with Gasteiger partial charge >= 0.3 is 6.18 Å². The van der Waals surface area contributed by atoms with Crippen LogP contribution in [0.25, 0.3) is 0 Å². The Kier molecular flexibility index (Phi) is 6.68. The van der Waals surface area contributed by atoms with Crippen LogP contribution < -0.4 is 14.8 Å². The van der Waals surface area contributed by atoms with Crippen LogP contribution in [0.15, 0.2) is 42.6 Å². The second-order valence-electron chi connectivity index (χ2n) is 5.36. The zero-order valence-corrected chi connectivity index (χ0v) is 14.5. The highest BCUT2D eigenvalue weighted by Crippen LogP contribution is 2.20. The van der Waals surface area contributed by atoms with E-state index in [1.807, 2.05) is 0 Å². The molecule has 0 fully saturated rings. The number of rotatable bonds is 7. The van der Waals surface area contributed by atoms with Gasteiger partial charge in [0.05, 0.1) is 17.9 Å². The lowest BCUT2D eigenvalue weighted by Crippen LogP contribution is -2.31. The predicted octanol–water partition coefficient (Wildman–Crippen LogP) is 3.93. The normalized spacial score (nSPS) is 12.3. The third kappa shape index (κ3) is 6.79. The molecule has 0 aliphatic heterocycles. The molecule has 0 aliphatic rings. The molecule has 2 aromatic rings. The van der Waals surface area contributed by atoms with Crippen LogP contribution in [0.3, 0.4) is 0 Å². The Morgan fingerprint density at radius 3 is 2.62 bits per heavy atom. The van der Waals surface area contributed by atoms with E-state index in [1.54, 1.807) is 31.2 Å². The van der Waals surface area contributed by atoms with Gasteiger partial charge in [0.15, 0.2) is 13.2 Å². The average molecular weight is 389 g/mol. The van der Waals surface area contributed by atoms with Crippen LogP contribution in [-0.4, -0.2) is 30.3 Å². The first kappa shape index (κ1) is 19.8. The molecule has 0 aliphatic carbocycles. The van der Waals surface area contributed by atoms with Crippen LogP contribution in [-0.2, 0) is 4.79 Å². The summed E-state index contributed by atoms with van der Waals surface area (Å²) in [6, 6.07) is 9.02. The van der Waals surface area contributed by atoms with Crippen LogP contribution in [0.4, 0.5) is 13.2 Å². The second kappa shape index (κ2) is 8.75. The number of benzene rings is 1. The summed E-state index contributed by atoms with van der Waals surface area (Å²) in [5, 5.41) is 3.17. The number of hydrogen-bond donors (Lipinski definition) is 1. The number of nitrogens with zero attached hydrogens (tertiary/aromatic N) is 1. The summed E-state index contributed by atoms with van der Waals surface area (Å²) in [6.07, 6.45) is -3.24. The van der Waals surface area contributed by atoms with Crippen molar-refractivity contribution in [1.29, 1.82) is 0 Å². The van der Waals surface area contributed by atoms with Gasteiger partial charge in [-0.3, -0.25) is 9.78 Å². The Labute approximate surface area is 153 Å². The highest BCUT2D eigenvalue weighted by Gasteiger charge is 2.28. The van der Waals surface area contributed by atoms with Crippen molar-refractivity contribution in [3.8, 4) is 11.5 Å². The number of alkyl halides is 3. The van der Waals surface area contributed by atoms with Crippen LogP contribution in [0.1, 0.15) is 18.7 Å². The molecule has 9 heteroatoms. The summed E-state index contributed by atoms with van der Waals surface area (Å²) < 4.78 is 46.2. The molecule has 1 aromatic heterocycles. The second-order valence-corrected chi connectivity index (χ2v) is 5.79. The lowest BCUT2D eigenvalue weighted by molar-refractivity contribution is -0.153. The summed E-state index contributed by atoms with van der Waals surface area (Å²) in [4.78, 5) is 15.9. The van der Waals surface area contributed by atoms with Gasteiger partial charge in [0.25, 0.3) is 5.91 Å². The molecule has 0 radical (unpaired) electrons. The van der Waals surface area contributed by atoms with Gasteiger partial charge in [-0.2, -0.15) is 13.2 Å². The number of carbonyl (C=O) groups is 1. The standard InChI is InChI=1S/C17H16ClF3N2O3/c1-11(15-6-5-14(8-22-15)26-10-17(19,20)21)23-16(24)9-25-13-4-2-3-12(18)7-13/h2-8,11H,9-10H2,1H3,(H,23,24)/t11-/m1/s1. The first-order chi connectivity index (χ1) is 12.2. The van der Waals surface area contributed by atoms with Crippen LogP contribution in [0.2, 0.25) is 5.02 Å². The van der Waals surface area contributed by atoms with E-state index in [0.29, 0.717) is 16.5 Å². The van der Waals surface area contributed by atoms with Gasteiger partial charge in [0, 0.05) is 5.02 Å². The maximum Gasteiger partial charge on any atom is 0.422 e. The fraction of sp³-hybridized carbons (Fsp3) is 0.294. The van der Waals surface area contributed by atoms with Gasteiger partial charge in [-0.25, -0.2) is 0 Å². The van der Waals surface area contributed by atoms with E-state index in [-0.39, 0.29) is 18.3 Å². The molecular weight excluding hydrogens is 373 g/mol. The molecule has 1 heterocycles. The van der Waals surface area contributed by atoms with E-state index < -0.39 is 18.8 Å². The number of nitrogens with one attached hydrogen (secondary N) is 1. The molecule has 1 atom stereocenters. The summed E-state index contributed by atoms with van der Waals surface area (Å²) in [7, 11) is 0. The largest absolute Gasteiger partial charge is 0.484 e. The molecule has 5 nitrogen and oxygen atoms in total. The third-order valence-electron chi connectivity index (χ3n) is 3.15. The minimum Gasteiger partial charge on any atom is -0.484 e. The number of pyridine rings is 1. The van der Waals surface area contributed by atoms with E-state index in [1.165, 1.54) is 18.3 Å². The van der Waals surface area contributed by atoms with Crippen molar-refractivity contribution < 1.29 is 27.4 Å². The van der Waals surface area contributed by atoms with E-state index in [2.05, 4.69) is 15.0 Å². The Morgan fingerprint density at radius 2 is 2.00 bits per heavy atom. The highest BCUT2D eigenvalue weighted by molar-refractivity contribution is 6.30. The van der Waals surface area contributed by atoms with Crippen molar-refractivity contribution in [2.75, 3.05) is 13.2 Å². The SMILES string of the molecule is C[C@@H](NC(=O)COc1cccc(Cl)c1)c1ccc(OCC(F)(F)F)cn1. The van der Waals surface area contributed by atoms with E-state index in [0.717, 1.165) is 0 Å². The van der Waals surface area contributed by atoms with Crippen molar-refractivity contribution in [2.24, 2.45) is 0 Å². The molecule has 2 rings (SSSR count). The molecular formula is C17H16ClF3N2O3. The zero-order valence-electron chi connectivity index (χ0n) is 13.7. The molecule has 0 unspecified atom stereocenters. The first-order valence-electron chi connectivity index (χ1n) is 7.56. The predicted molar refractivity (Wildman–Crippen MR) is 89.3 cm³/mol.